The number of nitrogens with one attached hydrogen (secondary N) is 1. The van der Waals surface area contributed by atoms with E-state index in [0.29, 0.717) is 0 Å². The lowest BCUT2D eigenvalue weighted by molar-refractivity contribution is -0.141. The van der Waals surface area contributed by atoms with Crippen LogP contribution in [0.2, 0.25) is 0 Å². The third-order valence-electron chi connectivity index (χ3n) is 2.50. The molecule has 2 atom stereocenters. The molecule has 0 saturated heterocycles. The van der Waals surface area contributed by atoms with Gasteiger partial charge in [0.2, 0.25) is 0 Å². The Morgan fingerprint density at radius 2 is 1.63 bits per heavy atom. The van der Waals surface area contributed by atoms with Gasteiger partial charge in [-0.3, -0.25) is 4.79 Å². The van der Waals surface area contributed by atoms with Crippen LogP contribution in [0.4, 0.5) is 4.79 Å². The fourth-order valence-electron chi connectivity index (χ4n) is 1.12. The van der Waals surface area contributed by atoms with Crippen molar-refractivity contribution in [3.63, 3.8) is 0 Å². The minimum absolute atomic E-state index is 0.286. The van der Waals surface area contributed by atoms with E-state index < -0.39 is 42.4 Å². The summed E-state index contributed by atoms with van der Waals surface area (Å²) in [6.07, 6.45) is -0.707. The zero-order valence-electron chi connectivity index (χ0n) is 10.5. The normalized spacial score (nSPS) is 13.2. The molecular formula is C10H16N2O7. The number of carboxylic acids is 3. The summed E-state index contributed by atoms with van der Waals surface area (Å²) in [5.74, 6) is -3.81. The standard InChI is InChI=1S/C10H16N2O7/c1-5(8(15)16)12(2)10(19)11-6(9(17)18)3-4-7(13)14/h5-6H,3-4H2,1-2H3,(H,11,19)(H,13,14)(H,15,16)(H,17,18)/t5-,6-/m0/s1. The van der Waals surface area contributed by atoms with Gasteiger partial charge in [-0.05, 0) is 13.3 Å². The number of rotatable bonds is 7. The van der Waals surface area contributed by atoms with E-state index in [4.69, 9.17) is 15.3 Å². The lowest BCUT2D eigenvalue weighted by Crippen LogP contribution is -2.51. The Kier molecular flexibility index (Phi) is 6.31. The number of amides is 2. The molecule has 2 amide bonds. The van der Waals surface area contributed by atoms with E-state index in [2.05, 4.69) is 5.32 Å². The van der Waals surface area contributed by atoms with Crippen molar-refractivity contribution in [3.05, 3.63) is 0 Å². The monoisotopic (exact) mass is 276 g/mol. The van der Waals surface area contributed by atoms with Crippen LogP contribution in [0, 0.1) is 0 Å². The first kappa shape index (κ1) is 16.7. The first-order chi connectivity index (χ1) is 8.66. The summed E-state index contributed by atoms with van der Waals surface area (Å²) >= 11 is 0. The lowest BCUT2D eigenvalue weighted by atomic mass is 10.1. The molecule has 0 spiro atoms. The molecule has 0 aliphatic rings. The Morgan fingerprint density at radius 1 is 1.11 bits per heavy atom. The molecule has 0 aromatic heterocycles. The van der Waals surface area contributed by atoms with Gasteiger partial charge in [0.25, 0.3) is 0 Å². The third-order valence-corrected chi connectivity index (χ3v) is 2.50. The molecule has 0 aliphatic heterocycles. The van der Waals surface area contributed by atoms with E-state index in [1.54, 1.807) is 0 Å². The molecule has 0 aromatic rings. The largest absolute Gasteiger partial charge is 0.481 e. The van der Waals surface area contributed by atoms with Crippen LogP contribution in [0.1, 0.15) is 19.8 Å². The van der Waals surface area contributed by atoms with Crippen LogP contribution in [0.15, 0.2) is 0 Å². The summed E-state index contributed by atoms with van der Waals surface area (Å²) in [7, 11) is 1.20. The van der Waals surface area contributed by atoms with Crippen LogP contribution in [0.3, 0.4) is 0 Å². The summed E-state index contributed by atoms with van der Waals surface area (Å²) in [6.45, 7) is 1.26. The molecule has 9 nitrogen and oxygen atoms in total. The van der Waals surface area contributed by atoms with Gasteiger partial charge in [-0.15, -0.1) is 0 Å². The first-order valence-corrected chi connectivity index (χ1v) is 5.37. The van der Waals surface area contributed by atoms with Crippen molar-refractivity contribution in [2.75, 3.05) is 7.05 Å². The number of nitrogens with zero attached hydrogens (tertiary/aromatic N) is 1. The van der Waals surface area contributed by atoms with Crippen LogP contribution in [-0.2, 0) is 14.4 Å². The Balaban J connectivity index is 4.58. The minimum Gasteiger partial charge on any atom is -0.481 e. The van der Waals surface area contributed by atoms with Gasteiger partial charge in [0.15, 0.2) is 0 Å². The van der Waals surface area contributed by atoms with Gasteiger partial charge in [0, 0.05) is 13.5 Å². The summed E-state index contributed by atoms with van der Waals surface area (Å²) in [5.41, 5.74) is 0. The number of carboxylic acid groups (broad SMARTS) is 3. The van der Waals surface area contributed by atoms with Crippen molar-refractivity contribution in [1.29, 1.82) is 0 Å². The second-order valence-corrected chi connectivity index (χ2v) is 3.90. The van der Waals surface area contributed by atoms with Crippen LogP contribution in [-0.4, -0.2) is 63.3 Å². The molecule has 0 heterocycles. The van der Waals surface area contributed by atoms with Crippen molar-refractivity contribution in [1.82, 2.24) is 10.2 Å². The Hall–Kier alpha value is -2.32. The number of aliphatic carboxylic acids is 3. The molecular weight excluding hydrogens is 260 g/mol. The van der Waals surface area contributed by atoms with E-state index in [-0.39, 0.29) is 6.42 Å². The van der Waals surface area contributed by atoms with Gasteiger partial charge < -0.3 is 25.5 Å². The minimum atomic E-state index is -1.38. The molecule has 19 heavy (non-hydrogen) atoms. The molecule has 0 saturated carbocycles. The highest BCUT2D eigenvalue weighted by Gasteiger charge is 2.26. The van der Waals surface area contributed by atoms with E-state index in [1.807, 2.05) is 0 Å². The summed E-state index contributed by atoms with van der Waals surface area (Å²) in [6, 6.07) is -3.41. The number of hydrogen-bond donors (Lipinski definition) is 4. The SMILES string of the molecule is C[C@@H](C(=O)O)N(C)C(=O)N[C@@H](CCC(=O)O)C(=O)O. The van der Waals surface area contributed by atoms with Gasteiger partial charge in [-0.25, -0.2) is 14.4 Å². The van der Waals surface area contributed by atoms with Crippen LogP contribution in [0.5, 0.6) is 0 Å². The zero-order valence-corrected chi connectivity index (χ0v) is 10.5. The van der Waals surface area contributed by atoms with Crippen molar-refractivity contribution >= 4 is 23.9 Å². The number of urea groups is 1. The van der Waals surface area contributed by atoms with E-state index >= 15 is 0 Å². The average Bonchev–Trinajstić information content (AvgIpc) is 2.31. The third kappa shape index (κ3) is 5.70. The van der Waals surface area contributed by atoms with Gasteiger partial charge in [-0.2, -0.15) is 0 Å². The maximum absolute atomic E-state index is 11.6. The first-order valence-electron chi connectivity index (χ1n) is 5.37. The molecule has 4 N–H and O–H groups in total. The number of hydrogen-bond acceptors (Lipinski definition) is 4. The molecule has 0 unspecified atom stereocenters. The number of likely N-dealkylation sites (N-methyl/N-ethyl adjacent to an activating group) is 1. The van der Waals surface area contributed by atoms with Crippen molar-refractivity contribution in [2.24, 2.45) is 0 Å². The molecule has 0 rings (SSSR count). The van der Waals surface area contributed by atoms with E-state index in [1.165, 1.54) is 14.0 Å². The number of carbonyl (C=O) groups is 4. The van der Waals surface area contributed by atoms with Crippen LogP contribution >= 0.6 is 0 Å². The van der Waals surface area contributed by atoms with Gasteiger partial charge in [-0.1, -0.05) is 0 Å². The second kappa shape index (κ2) is 7.19. The Bertz CT molecular complexity index is 382. The fourth-order valence-corrected chi connectivity index (χ4v) is 1.12. The Morgan fingerprint density at radius 3 is 2.00 bits per heavy atom. The maximum Gasteiger partial charge on any atom is 0.326 e. The smallest absolute Gasteiger partial charge is 0.326 e. The predicted octanol–water partition coefficient (Wildman–Crippen LogP) is -0.581. The Labute approximate surface area is 108 Å². The van der Waals surface area contributed by atoms with Crippen LogP contribution < -0.4 is 5.32 Å². The van der Waals surface area contributed by atoms with Gasteiger partial charge >= 0.3 is 23.9 Å². The molecule has 0 aromatic carbocycles. The van der Waals surface area contributed by atoms with Crippen molar-refractivity contribution < 1.29 is 34.5 Å². The van der Waals surface area contributed by atoms with E-state index in [0.717, 1.165) is 4.90 Å². The second-order valence-electron chi connectivity index (χ2n) is 3.90. The summed E-state index contributed by atoms with van der Waals surface area (Å²) in [5, 5.41) is 28.1. The maximum atomic E-state index is 11.6. The van der Waals surface area contributed by atoms with Crippen molar-refractivity contribution in [2.45, 2.75) is 31.8 Å². The van der Waals surface area contributed by atoms with Gasteiger partial charge in [0.05, 0.1) is 0 Å². The topological polar surface area (TPSA) is 144 Å². The van der Waals surface area contributed by atoms with Crippen LogP contribution in [0.25, 0.3) is 0 Å². The fraction of sp³-hybridized carbons (Fsp3) is 0.600. The van der Waals surface area contributed by atoms with Gasteiger partial charge in [0.1, 0.15) is 12.1 Å². The average molecular weight is 276 g/mol. The molecule has 0 fully saturated rings. The van der Waals surface area contributed by atoms with Crippen molar-refractivity contribution in [3.8, 4) is 0 Å². The molecule has 0 radical (unpaired) electrons. The summed E-state index contributed by atoms with van der Waals surface area (Å²) in [4.78, 5) is 44.3. The number of carbonyl (C=O) groups excluding carboxylic acids is 1. The highest BCUT2D eigenvalue weighted by molar-refractivity contribution is 5.86. The quantitative estimate of drug-likeness (QED) is 0.486. The molecule has 108 valence electrons. The lowest BCUT2D eigenvalue weighted by Gasteiger charge is -2.24. The predicted molar refractivity (Wildman–Crippen MR) is 61.7 cm³/mol. The summed E-state index contributed by atoms with van der Waals surface area (Å²) < 4.78 is 0. The van der Waals surface area contributed by atoms with E-state index in [9.17, 15) is 19.2 Å². The highest BCUT2D eigenvalue weighted by Crippen LogP contribution is 2.02. The molecule has 0 bridgehead atoms. The molecule has 9 heteroatoms. The highest BCUT2D eigenvalue weighted by atomic mass is 16.4. The molecule has 0 aliphatic carbocycles. The zero-order chi connectivity index (χ0) is 15.2.